The van der Waals surface area contributed by atoms with Gasteiger partial charge >= 0.3 is 11.9 Å². The molecule has 0 aliphatic heterocycles. The number of carboxylic acids is 1. The largest absolute Gasteiger partial charge is 0.491 e. The third kappa shape index (κ3) is 6.80. The molecule has 0 aliphatic rings. The molecule has 41 heavy (non-hydrogen) atoms. The summed E-state index contributed by atoms with van der Waals surface area (Å²) < 4.78 is 12.7. The van der Waals surface area contributed by atoms with Gasteiger partial charge in [-0.25, -0.2) is 4.79 Å². The van der Waals surface area contributed by atoms with Gasteiger partial charge in [0.2, 0.25) is 0 Å². The van der Waals surface area contributed by atoms with Crippen molar-refractivity contribution in [3.8, 4) is 22.6 Å². The van der Waals surface area contributed by atoms with Crippen molar-refractivity contribution < 1.29 is 24.2 Å². The molecule has 0 radical (unpaired) electrons. The lowest BCUT2D eigenvalue weighted by Crippen LogP contribution is -2.27. The molecule has 4 aromatic rings. The van der Waals surface area contributed by atoms with E-state index < -0.39 is 5.97 Å². The van der Waals surface area contributed by atoms with Crippen LogP contribution >= 0.6 is 0 Å². The van der Waals surface area contributed by atoms with Crippen LogP contribution < -0.4 is 4.74 Å². The molecule has 1 heterocycles. The zero-order chi connectivity index (χ0) is 29.9. The minimum Gasteiger partial charge on any atom is -0.491 e. The molecule has 1 N–H and O–H groups in total. The summed E-state index contributed by atoms with van der Waals surface area (Å²) in [6.07, 6.45) is 0.0280. The first-order chi connectivity index (χ1) is 19.4. The molecule has 0 amide bonds. The Kier molecular flexibility index (Phi) is 8.88. The zero-order valence-corrected chi connectivity index (χ0v) is 25.0. The molecule has 7 heteroatoms. The highest BCUT2D eigenvalue weighted by Crippen LogP contribution is 2.35. The Hall–Kier alpha value is -4.10. The number of fused-ring (bicyclic) bond motifs is 1. The Morgan fingerprint density at radius 3 is 2.15 bits per heavy atom. The molecule has 0 aliphatic carbocycles. The number of rotatable bonds is 10. The van der Waals surface area contributed by atoms with Crippen molar-refractivity contribution >= 4 is 22.8 Å². The number of aromatic nitrogens is 1. The molecule has 0 saturated heterocycles. The number of hydrogen-bond acceptors (Lipinski definition) is 5. The van der Waals surface area contributed by atoms with Crippen LogP contribution in [0.5, 0.6) is 5.75 Å². The van der Waals surface area contributed by atoms with Crippen LogP contribution in [-0.2, 0) is 21.5 Å². The standard InChI is InChI=1S/C34H40N2O5/c1-8-40-31(37)21-35(7)20-29-28-19-24(23-9-12-25(13-10-23)34(4,5)6)11-18-30(28)36(32(29)33(38)39)26-14-16-27(17-15-26)41-22(2)3/h9-19,22H,8,20-21H2,1-7H3,(H,38,39). The minimum atomic E-state index is -1.04. The molecule has 0 saturated carbocycles. The molecular weight excluding hydrogens is 516 g/mol. The van der Waals surface area contributed by atoms with Gasteiger partial charge < -0.3 is 19.1 Å². The summed E-state index contributed by atoms with van der Waals surface area (Å²) in [5, 5.41) is 11.3. The number of carboxylic acid groups (broad SMARTS) is 1. The number of carbonyl (C=O) groups is 2. The van der Waals surface area contributed by atoms with Gasteiger partial charge in [0.05, 0.1) is 24.8 Å². The van der Waals surface area contributed by atoms with Crippen molar-refractivity contribution in [1.29, 1.82) is 0 Å². The van der Waals surface area contributed by atoms with Crippen molar-refractivity contribution in [3.63, 3.8) is 0 Å². The lowest BCUT2D eigenvalue weighted by molar-refractivity contribution is -0.144. The highest BCUT2D eigenvalue weighted by molar-refractivity contribution is 6.01. The lowest BCUT2D eigenvalue weighted by Gasteiger charge is -2.19. The van der Waals surface area contributed by atoms with Gasteiger partial charge in [-0.15, -0.1) is 0 Å². The molecule has 1 aromatic heterocycles. The van der Waals surface area contributed by atoms with E-state index in [9.17, 15) is 14.7 Å². The Bertz CT molecular complexity index is 1530. The number of carbonyl (C=O) groups excluding carboxylic acids is 1. The molecule has 0 spiro atoms. The number of likely N-dealkylation sites (N-methyl/N-ethyl adjacent to an activating group) is 1. The van der Waals surface area contributed by atoms with Gasteiger partial charge in [-0.1, -0.05) is 51.1 Å². The number of aromatic carboxylic acids is 1. The molecule has 3 aromatic carbocycles. The van der Waals surface area contributed by atoms with Gasteiger partial charge in [-0.05, 0) is 86.3 Å². The Labute approximate surface area is 242 Å². The van der Waals surface area contributed by atoms with Crippen molar-refractivity contribution in [2.45, 2.75) is 59.6 Å². The van der Waals surface area contributed by atoms with Crippen LogP contribution in [0.4, 0.5) is 0 Å². The number of ether oxygens (including phenoxy) is 2. The molecule has 0 unspecified atom stereocenters. The van der Waals surface area contributed by atoms with Crippen LogP contribution in [0.3, 0.4) is 0 Å². The van der Waals surface area contributed by atoms with E-state index in [0.29, 0.717) is 23.6 Å². The summed E-state index contributed by atoms with van der Waals surface area (Å²) in [4.78, 5) is 26.8. The third-order valence-corrected chi connectivity index (χ3v) is 6.96. The SMILES string of the molecule is CCOC(=O)CN(C)Cc1c(C(=O)O)n(-c2ccc(OC(C)C)cc2)c2ccc(-c3ccc(C(C)(C)C)cc3)cc12. The first-order valence-electron chi connectivity index (χ1n) is 14.0. The van der Waals surface area contributed by atoms with E-state index in [1.807, 2.05) is 56.3 Å². The van der Waals surface area contributed by atoms with Crippen molar-refractivity contribution in [1.82, 2.24) is 9.47 Å². The molecule has 216 valence electrons. The highest BCUT2D eigenvalue weighted by atomic mass is 16.5. The predicted molar refractivity (Wildman–Crippen MR) is 163 cm³/mol. The topological polar surface area (TPSA) is 81.0 Å². The lowest BCUT2D eigenvalue weighted by atomic mass is 9.86. The molecule has 0 fully saturated rings. The van der Waals surface area contributed by atoms with E-state index in [4.69, 9.17) is 9.47 Å². The predicted octanol–water partition coefficient (Wildman–Crippen LogP) is 7.08. The monoisotopic (exact) mass is 556 g/mol. The quantitative estimate of drug-likeness (QED) is 0.210. The van der Waals surface area contributed by atoms with Crippen LogP contribution in [-0.4, -0.2) is 52.8 Å². The fraction of sp³-hybridized carbons (Fsp3) is 0.353. The van der Waals surface area contributed by atoms with E-state index in [1.165, 1.54) is 5.56 Å². The molecule has 7 nitrogen and oxygen atoms in total. The first kappa shape index (κ1) is 29.9. The fourth-order valence-electron chi connectivity index (χ4n) is 5.05. The van der Waals surface area contributed by atoms with E-state index >= 15 is 0 Å². The van der Waals surface area contributed by atoms with Crippen molar-refractivity contribution in [2.24, 2.45) is 0 Å². The van der Waals surface area contributed by atoms with Crippen LogP contribution in [0.25, 0.3) is 27.7 Å². The summed E-state index contributed by atoms with van der Waals surface area (Å²) in [6, 6.07) is 22.0. The van der Waals surface area contributed by atoms with E-state index in [0.717, 1.165) is 22.0 Å². The second-order valence-electron chi connectivity index (χ2n) is 11.7. The maximum absolute atomic E-state index is 12.8. The minimum absolute atomic E-state index is 0.0280. The highest BCUT2D eigenvalue weighted by Gasteiger charge is 2.25. The summed E-state index contributed by atoms with van der Waals surface area (Å²) in [7, 11) is 1.79. The zero-order valence-electron chi connectivity index (χ0n) is 25.0. The fourth-order valence-corrected chi connectivity index (χ4v) is 5.05. The maximum Gasteiger partial charge on any atom is 0.353 e. The summed E-state index contributed by atoms with van der Waals surface area (Å²) in [5.74, 6) is -0.678. The second-order valence-corrected chi connectivity index (χ2v) is 11.7. The van der Waals surface area contributed by atoms with Crippen LogP contribution in [0.1, 0.15) is 63.2 Å². The van der Waals surface area contributed by atoms with Crippen LogP contribution in [0, 0.1) is 0 Å². The Morgan fingerprint density at radius 2 is 1.59 bits per heavy atom. The molecule has 4 rings (SSSR count). The summed E-state index contributed by atoms with van der Waals surface area (Å²) >= 11 is 0. The number of benzene rings is 3. The van der Waals surface area contributed by atoms with E-state index in [1.54, 1.807) is 23.4 Å². The number of hydrogen-bond donors (Lipinski definition) is 1. The summed E-state index contributed by atoms with van der Waals surface area (Å²) in [6.45, 7) is 12.8. The van der Waals surface area contributed by atoms with Crippen LogP contribution in [0.15, 0.2) is 66.7 Å². The van der Waals surface area contributed by atoms with Crippen LogP contribution in [0.2, 0.25) is 0 Å². The van der Waals surface area contributed by atoms with E-state index in [-0.39, 0.29) is 36.3 Å². The number of esters is 1. The van der Waals surface area contributed by atoms with Gasteiger partial charge in [0.25, 0.3) is 0 Å². The van der Waals surface area contributed by atoms with E-state index in [2.05, 4.69) is 45.0 Å². The average molecular weight is 557 g/mol. The summed E-state index contributed by atoms with van der Waals surface area (Å²) in [5.41, 5.74) is 5.60. The van der Waals surface area contributed by atoms with Crippen molar-refractivity contribution in [3.05, 3.63) is 83.6 Å². The van der Waals surface area contributed by atoms with Gasteiger partial charge in [0.1, 0.15) is 11.4 Å². The molecular formula is C34H40N2O5. The Morgan fingerprint density at radius 1 is 0.951 bits per heavy atom. The average Bonchev–Trinajstić information content (AvgIpc) is 3.22. The maximum atomic E-state index is 12.8. The Balaban J connectivity index is 1.88. The smallest absolute Gasteiger partial charge is 0.353 e. The van der Waals surface area contributed by atoms with Gasteiger partial charge in [-0.2, -0.15) is 0 Å². The van der Waals surface area contributed by atoms with Gasteiger partial charge in [0.15, 0.2) is 0 Å². The normalized spacial score (nSPS) is 11.8. The van der Waals surface area contributed by atoms with Crippen molar-refractivity contribution in [2.75, 3.05) is 20.2 Å². The first-order valence-corrected chi connectivity index (χ1v) is 14.0. The molecule has 0 bridgehead atoms. The third-order valence-electron chi connectivity index (χ3n) is 6.96. The van der Waals surface area contributed by atoms with Gasteiger partial charge in [-0.3, -0.25) is 9.69 Å². The van der Waals surface area contributed by atoms with Gasteiger partial charge in [0, 0.05) is 23.2 Å². The molecule has 0 atom stereocenters. The second kappa shape index (κ2) is 12.2. The number of nitrogens with zero attached hydrogens (tertiary/aromatic N) is 2.